The quantitative estimate of drug-likeness (QED) is 0.648. The second-order valence-electron chi connectivity index (χ2n) is 3.29. The van der Waals surface area contributed by atoms with E-state index in [9.17, 15) is 0 Å². The van der Waals surface area contributed by atoms with E-state index in [4.69, 9.17) is 4.74 Å². The second-order valence-corrected chi connectivity index (χ2v) is 3.29. The van der Waals surface area contributed by atoms with E-state index in [1.54, 1.807) is 6.33 Å². The van der Waals surface area contributed by atoms with Crippen molar-refractivity contribution in [3.63, 3.8) is 0 Å². The topological polar surface area (TPSA) is 52.0 Å². The molecule has 0 spiro atoms. The zero-order valence-electron chi connectivity index (χ0n) is 9.57. The predicted octanol–water partition coefficient (Wildman–Crippen LogP) is 0.814. The Labute approximate surface area is 90.8 Å². The number of aryl methyl sites for hydroxylation is 1. The van der Waals surface area contributed by atoms with E-state index in [0.717, 1.165) is 38.5 Å². The Bertz CT molecular complexity index is 262. The maximum Gasteiger partial charge on any atom is 0.152 e. The molecule has 1 aromatic heterocycles. The lowest BCUT2D eigenvalue weighted by molar-refractivity contribution is 0.114. The summed E-state index contributed by atoms with van der Waals surface area (Å²) in [5.74, 6) is 0.896. The van der Waals surface area contributed by atoms with E-state index in [2.05, 4.69) is 22.3 Å². The van der Waals surface area contributed by atoms with Crippen molar-refractivity contribution in [2.75, 3.05) is 19.7 Å². The Hall–Kier alpha value is -0.940. The molecule has 0 amide bonds. The number of hydrogen-bond acceptors (Lipinski definition) is 4. The molecule has 0 aliphatic heterocycles. The van der Waals surface area contributed by atoms with Crippen LogP contribution in [0.15, 0.2) is 6.33 Å². The van der Waals surface area contributed by atoms with Gasteiger partial charge in [-0.1, -0.05) is 6.92 Å². The zero-order valence-corrected chi connectivity index (χ0v) is 9.57. The molecule has 1 rings (SSSR count). The average Bonchev–Trinajstić information content (AvgIpc) is 2.70. The molecule has 0 aliphatic rings. The van der Waals surface area contributed by atoms with Gasteiger partial charge in [0.25, 0.3) is 0 Å². The first-order valence-corrected chi connectivity index (χ1v) is 5.53. The van der Waals surface area contributed by atoms with Crippen LogP contribution in [0.4, 0.5) is 0 Å². The summed E-state index contributed by atoms with van der Waals surface area (Å²) in [6.45, 7) is 8.24. The van der Waals surface area contributed by atoms with Crippen LogP contribution in [0.1, 0.15) is 26.1 Å². The van der Waals surface area contributed by atoms with Crippen molar-refractivity contribution in [3.05, 3.63) is 12.2 Å². The van der Waals surface area contributed by atoms with Gasteiger partial charge in [-0.25, -0.2) is 9.67 Å². The van der Waals surface area contributed by atoms with Gasteiger partial charge in [-0.15, -0.1) is 0 Å². The molecular formula is C10H20N4O. The summed E-state index contributed by atoms with van der Waals surface area (Å²) >= 11 is 0. The van der Waals surface area contributed by atoms with E-state index in [-0.39, 0.29) is 0 Å². The third-order valence-corrected chi connectivity index (χ3v) is 2.08. The highest BCUT2D eigenvalue weighted by Crippen LogP contribution is 1.95. The van der Waals surface area contributed by atoms with Crippen LogP contribution in [0.2, 0.25) is 0 Å². The molecule has 0 unspecified atom stereocenters. The summed E-state index contributed by atoms with van der Waals surface area (Å²) in [7, 11) is 0. The molecule has 0 bridgehead atoms. The van der Waals surface area contributed by atoms with E-state index >= 15 is 0 Å². The molecule has 0 atom stereocenters. The minimum atomic E-state index is 0.543. The molecule has 1 heterocycles. The van der Waals surface area contributed by atoms with Gasteiger partial charge in [0.05, 0.1) is 6.61 Å². The van der Waals surface area contributed by atoms with Gasteiger partial charge in [0, 0.05) is 13.1 Å². The molecule has 1 aromatic rings. The van der Waals surface area contributed by atoms with Crippen molar-refractivity contribution in [1.82, 2.24) is 20.1 Å². The Morgan fingerprint density at radius 3 is 3.00 bits per heavy atom. The summed E-state index contributed by atoms with van der Waals surface area (Å²) in [5, 5.41) is 7.35. The SMILES string of the molecule is CCCNCCOCc1ncnn1CC. The van der Waals surface area contributed by atoms with Crippen LogP contribution in [0, 0.1) is 0 Å². The number of rotatable bonds is 8. The summed E-state index contributed by atoms with van der Waals surface area (Å²) in [4.78, 5) is 4.13. The fourth-order valence-corrected chi connectivity index (χ4v) is 1.27. The maximum atomic E-state index is 5.48. The van der Waals surface area contributed by atoms with Gasteiger partial charge in [0.1, 0.15) is 12.9 Å². The molecule has 15 heavy (non-hydrogen) atoms. The van der Waals surface area contributed by atoms with Gasteiger partial charge >= 0.3 is 0 Å². The number of ether oxygens (including phenoxy) is 1. The van der Waals surface area contributed by atoms with Gasteiger partial charge in [-0.05, 0) is 19.9 Å². The van der Waals surface area contributed by atoms with Crippen molar-refractivity contribution in [2.45, 2.75) is 33.4 Å². The van der Waals surface area contributed by atoms with Crippen LogP contribution in [0.25, 0.3) is 0 Å². The fraction of sp³-hybridized carbons (Fsp3) is 0.800. The molecule has 5 heteroatoms. The van der Waals surface area contributed by atoms with Crippen molar-refractivity contribution in [2.24, 2.45) is 0 Å². The first kappa shape index (κ1) is 12.1. The van der Waals surface area contributed by atoms with Gasteiger partial charge < -0.3 is 10.1 Å². The third kappa shape index (κ3) is 4.40. The molecule has 1 N–H and O–H groups in total. The minimum absolute atomic E-state index is 0.543. The Balaban J connectivity index is 2.09. The number of nitrogens with one attached hydrogen (secondary N) is 1. The Morgan fingerprint density at radius 1 is 1.40 bits per heavy atom. The molecule has 5 nitrogen and oxygen atoms in total. The standard InChI is InChI=1S/C10H20N4O/c1-3-5-11-6-7-15-8-10-12-9-13-14(10)4-2/h9,11H,3-8H2,1-2H3. The van der Waals surface area contributed by atoms with Crippen LogP contribution in [0.5, 0.6) is 0 Å². The zero-order chi connectivity index (χ0) is 10.9. The number of nitrogens with zero attached hydrogens (tertiary/aromatic N) is 3. The molecule has 0 aromatic carbocycles. The molecule has 0 fully saturated rings. The highest BCUT2D eigenvalue weighted by atomic mass is 16.5. The fourth-order valence-electron chi connectivity index (χ4n) is 1.27. The van der Waals surface area contributed by atoms with Gasteiger partial charge in [0.2, 0.25) is 0 Å². The van der Waals surface area contributed by atoms with Crippen LogP contribution in [0.3, 0.4) is 0 Å². The lowest BCUT2D eigenvalue weighted by Crippen LogP contribution is -2.20. The molecule has 86 valence electrons. The summed E-state index contributed by atoms with van der Waals surface area (Å²) in [5.41, 5.74) is 0. The highest BCUT2D eigenvalue weighted by molar-refractivity contribution is 4.80. The van der Waals surface area contributed by atoms with Crippen LogP contribution < -0.4 is 5.32 Å². The van der Waals surface area contributed by atoms with Crippen molar-refractivity contribution < 1.29 is 4.74 Å². The smallest absolute Gasteiger partial charge is 0.152 e. The van der Waals surface area contributed by atoms with Gasteiger partial charge in [-0.2, -0.15) is 5.10 Å². The van der Waals surface area contributed by atoms with Crippen LogP contribution >= 0.6 is 0 Å². The Kier molecular flexibility index (Phi) is 5.96. The van der Waals surface area contributed by atoms with Crippen molar-refractivity contribution in [1.29, 1.82) is 0 Å². The Morgan fingerprint density at radius 2 is 2.27 bits per heavy atom. The largest absolute Gasteiger partial charge is 0.372 e. The monoisotopic (exact) mass is 212 g/mol. The predicted molar refractivity (Wildman–Crippen MR) is 58.5 cm³/mol. The number of aromatic nitrogens is 3. The van der Waals surface area contributed by atoms with Crippen molar-refractivity contribution >= 4 is 0 Å². The summed E-state index contributed by atoms with van der Waals surface area (Å²) in [6, 6.07) is 0. The van der Waals surface area contributed by atoms with Crippen LogP contribution in [-0.4, -0.2) is 34.5 Å². The average molecular weight is 212 g/mol. The molecule has 0 aliphatic carbocycles. The molecule has 0 saturated heterocycles. The maximum absolute atomic E-state index is 5.48. The molecular weight excluding hydrogens is 192 g/mol. The van der Waals surface area contributed by atoms with E-state index in [1.165, 1.54) is 0 Å². The van der Waals surface area contributed by atoms with Gasteiger partial charge in [-0.3, -0.25) is 0 Å². The van der Waals surface area contributed by atoms with Crippen molar-refractivity contribution in [3.8, 4) is 0 Å². The lowest BCUT2D eigenvalue weighted by atomic mass is 10.5. The lowest BCUT2D eigenvalue weighted by Gasteiger charge is -2.05. The molecule has 0 radical (unpaired) electrons. The van der Waals surface area contributed by atoms with Crippen LogP contribution in [-0.2, 0) is 17.9 Å². The highest BCUT2D eigenvalue weighted by Gasteiger charge is 2.01. The number of hydrogen-bond donors (Lipinski definition) is 1. The van der Waals surface area contributed by atoms with E-state index in [0.29, 0.717) is 6.61 Å². The minimum Gasteiger partial charge on any atom is -0.372 e. The first-order chi connectivity index (χ1) is 7.38. The van der Waals surface area contributed by atoms with E-state index < -0.39 is 0 Å². The normalized spacial score (nSPS) is 10.8. The summed E-state index contributed by atoms with van der Waals surface area (Å²) < 4.78 is 7.33. The second kappa shape index (κ2) is 7.36. The molecule has 0 saturated carbocycles. The summed E-state index contributed by atoms with van der Waals surface area (Å²) in [6.07, 6.45) is 2.72. The third-order valence-electron chi connectivity index (χ3n) is 2.08. The van der Waals surface area contributed by atoms with E-state index in [1.807, 2.05) is 11.6 Å². The first-order valence-electron chi connectivity index (χ1n) is 5.53. The van der Waals surface area contributed by atoms with Gasteiger partial charge in [0.15, 0.2) is 5.82 Å².